The van der Waals surface area contributed by atoms with Crippen LogP contribution >= 0.6 is 15.9 Å². The Balaban J connectivity index is 3.24. The van der Waals surface area contributed by atoms with Gasteiger partial charge in [0.15, 0.2) is 0 Å². The summed E-state index contributed by atoms with van der Waals surface area (Å²) in [7, 11) is -4.09. The van der Waals surface area contributed by atoms with Crippen LogP contribution in [0.4, 0.5) is 13.2 Å². The van der Waals surface area contributed by atoms with E-state index in [0.717, 1.165) is 12.1 Å². The fraction of sp³-hybridized carbons (Fsp3) is 0.333. The molecule has 1 aromatic rings. The van der Waals surface area contributed by atoms with Gasteiger partial charge in [0.25, 0.3) is 0 Å². The summed E-state index contributed by atoms with van der Waals surface area (Å²) in [6.07, 6.45) is -4.62. The van der Waals surface area contributed by atoms with Gasteiger partial charge in [0.2, 0.25) is 10.0 Å². The molecule has 1 rings (SSSR count). The average molecular weight is 348 g/mol. The van der Waals surface area contributed by atoms with Crippen molar-refractivity contribution in [3.05, 3.63) is 28.2 Å². The second-order valence-electron chi connectivity index (χ2n) is 3.26. The molecule has 0 saturated carbocycles. The predicted octanol–water partition coefficient (Wildman–Crippen LogP) is 1.74. The summed E-state index contributed by atoms with van der Waals surface area (Å²) in [4.78, 5) is -0.522. The molecule has 4 nitrogen and oxygen atoms in total. The molecule has 0 aliphatic rings. The third-order valence-corrected chi connectivity index (χ3v) is 4.41. The lowest BCUT2D eigenvalue weighted by Crippen LogP contribution is -2.27. The summed E-state index contributed by atoms with van der Waals surface area (Å²) in [5.41, 5.74) is -1.06. The van der Waals surface area contributed by atoms with Crippen molar-refractivity contribution in [2.24, 2.45) is 0 Å². The highest BCUT2D eigenvalue weighted by atomic mass is 79.9. The summed E-state index contributed by atoms with van der Waals surface area (Å²) < 4.78 is 62.7. The van der Waals surface area contributed by atoms with Gasteiger partial charge in [-0.25, -0.2) is 13.1 Å². The molecular formula is C9H9BrF3NO3S. The van der Waals surface area contributed by atoms with Crippen molar-refractivity contribution in [3.63, 3.8) is 0 Å². The fourth-order valence-corrected chi connectivity index (χ4v) is 3.15. The minimum absolute atomic E-state index is 0.0148. The smallest absolute Gasteiger partial charge is 0.395 e. The monoisotopic (exact) mass is 347 g/mol. The zero-order valence-electron chi connectivity index (χ0n) is 8.83. The number of aliphatic hydroxyl groups is 1. The summed E-state index contributed by atoms with van der Waals surface area (Å²) in [5.74, 6) is 0. The normalized spacial score (nSPS) is 12.7. The minimum Gasteiger partial charge on any atom is -0.395 e. The number of aliphatic hydroxyl groups excluding tert-OH is 1. The molecule has 0 spiro atoms. The Morgan fingerprint density at radius 2 is 1.94 bits per heavy atom. The Labute approximate surface area is 110 Å². The molecule has 102 valence electrons. The Morgan fingerprint density at radius 3 is 2.44 bits per heavy atom. The van der Waals surface area contributed by atoms with Crippen molar-refractivity contribution >= 4 is 26.0 Å². The molecule has 0 aliphatic heterocycles. The van der Waals surface area contributed by atoms with Gasteiger partial charge in [0.05, 0.1) is 17.1 Å². The molecule has 0 radical (unpaired) electrons. The second kappa shape index (κ2) is 5.55. The van der Waals surface area contributed by atoms with Crippen molar-refractivity contribution in [1.82, 2.24) is 4.72 Å². The van der Waals surface area contributed by atoms with Crippen LogP contribution < -0.4 is 4.72 Å². The number of alkyl halides is 3. The SMILES string of the molecule is O=S(=O)(NCCO)c1cc(C(F)(F)F)ccc1Br. The van der Waals surface area contributed by atoms with E-state index in [2.05, 4.69) is 15.9 Å². The minimum atomic E-state index is -4.62. The van der Waals surface area contributed by atoms with E-state index < -0.39 is 33.3 Å². The Kier molecular flexibility index (Phi) is 4.76. The van der Waals surface area contributed by atoms with Crippen LogP contribution in [0.25, 0.3) is 0 Å². The molecule has 0 bridgehead atoms. The van der Waals surface area contributed by atoms with Crippen LogP contribution in [0.3, 0.4) is 0 Å². The van der Waals surface area contributed by atoms with Crippen molar-refractivity contribution in [3.8, 4) is 0 Å². The lowest BCUT2D eigenvalue weighted by molar-refractivity contribution is -0.137. The van der Waals surface area contributed by atoms with Gasteiger partial charge in [-0.15, -0.1) is 0 Å². The van der Waals surface area contributed by atoms with Crippen LogP contribution in [0.15, 0.2) is 27.6 Å². The van der Waals surface area contributed by atoms with Crippen LogP contribution in [0.1, 0.15) is 5.56 Å². The first kappa shape index (κ1) is 15.4. The molecule has 9 heteroatoms. The van der Waals surface area contributed by atoms with Crippen molar-refractivity contribution in [1.29, 1.82) is 0 Å². The van der Waals surface area contributed by atoms with Gasteiger partial charge in [-0.3, -0.25) is 0 Å². The van der Waals surface area contributed by atoms with Gasteiger partial charge in [0.1, 0.15) is 0 Å². The molecule has 18 heavy (non-hydrogen) atoms. The first-order chi connectivity index (χ1) is 8.18. The van der Waals surface area contributed by atoms with Gasteiger partial charge < -0.3 is 5.11 Å². The third kappa shape index (κ3) is 3.67. The largest absolute Gasteiger partial charge is 0.416 e. The summed E-state index contributed by atoms with van der Waals surface area (Å²) >= 11 is 2.88. The summed E-state index contributed by atoms with van der Waals surface area (Å²) in [5, 5.41) is 8.51. The van der Waals surface area contributed by atoms with Crippen LogP contribution in [-0.4, -0.2) is 26.7 Å². The van der Waals surface area contributed by atoms with E-state index in [4.69, 9.17) is 5.11 Å². The van der Waals surface area contributed by atoms with Gasteiger partial charge >= 0.3 is 6.18 Å². The Morgan fingerprint density at radius 1 is 1.33 bits per heavy atom. The highest BCUT2D eigenvalue weighted by Gasteiger charge is 2.32. The zero-order valence-corrected chi connectivity index (χ0v) is 11.2. The molecule has 1 aromatic carbocycles. The highest BCUT2D eigenvalue weighted by Crippen LogP contribution is 2.33. The average Bonchev–Trinajstić information content (AvgIpc) is 2.25. The third-order valence-electron chi connectivity index (χ3n) is 1.95. The van der Waals surface area contributed by atoms with Crippen LogP contribution in [0, 0.1) is 0 Å². The van der Waals surface area contributed by atoms with Crippen LogP contribution in [0.5, 0.6) is 0 Å². The maximum absolute atomic E-state index is 12.5. The van der Waals surface area contributed by atoms with E-state index in [1.807, 2.05) is 4.72 Å². The number of sulfonamides is 1. The molecule has 0 unspecified atom stereocenters. The maximum Gasteiger partial charge on any atom is 0.416 e. The van der Waals surface area contributed by atoms with Crippen molar-refractivity contribution in [2.75, 3.05) is 13.2 Å². The molecule has 0 heterocycles. The van der Waals surface area contributed by atoms with Crippen molar-refractivity contribution < 1.29 is 26.7 Å². The lowest BCUT2D eigenvalue weighted by Gasteiger charge is -2.11. The fourth-order valence-electron chi connectivity index (χ4n) is 1.14. The molecule has 0 saturated heterocycles. The van der Waals surface area contributed by atoms with Gasteiger partial charge in [-0.05, 0) is 34.1 Å². The molecule has 0 amide bonds. The number of nitrogens with one attached hydrogen (secondary N) is 1. The molecule has 2 N–H and O–H groups in total. The van der Waals surface area contributed by atoms with E-state index in [-0.39, 0.29) is 11.0 Å². The lowest BCUT2D eigenvalue weighted by atomic mass is 10.2. The summed E-state index contributed by atoms with van der Waals surface area (Å²) in [6.45, 7) is -0.721. The van der Waals surface area contributed by atoms with Crippen LogP contribution in [-0.2, 0) is 16.2 Å². The number of rotatable bonds is 4. The quantitative estimate of drug-likeness (QED) is 0.871. The number of benzene rings is 1. The molecule has 0 aliphatic carbocycles. The van der Waals surface area contributed by atoms with E-state index in [1.54, 1.807) is 0 Å². The van der Waals surface area contributed by atoms with Gasteiger partial charge in [-0.2, -0.15) is 13.2 Å². The Hall–Kier alpha value is -0.640. The first-order valence-electron chi connectivity index (χ1n) is 4.66. The molecule has 0 atom stereocenters. The highest BCUT2D eigenvalue weighted by molar-refractivity contribution is 9.10. The molecule has 0 fully saturated rings. The van der Waals surface area contributed by atoms with E-state index in [1.165, 1.54) is 0 Å². The van der Waals surface area contributed by atoms with Gasteiger partial charge in [0, 0.05) is 11.0 Å². The number of halogens is 4. The maximum atomic E-state index is 12.5. The standard InChI is InChI=1S/C9H9BrF3NO3S/c10-7-2-1-6(9(11,12)13)5-8(7)18(16,17)14-3-4-15/h1-2,5,14-15H,3-4H2. The number of hydrogen-bond acceptors (Lipinski definition) is 3. The molecule has 0 aromatic heterocycles. The van der Waals surface area contributed by atoms with Gasteiger partial charge in [-0.1, -0.05) is 0 Å². The first-order valence-corrected chi connectivity index (χ1v) is 6.93. The predicted molar refractivity (Wildman–Crippen MR) is 61.4 cm³/mol. The summed E-state index contributed by atoms with van der Waals surface area (Å²) in [6, 6.07) is 2.31. The van der Waals surface area contributed by atoms with E-state index in [0.29, 0.717) is 6.07 Å². The van der Waals surface area contributed by atoms with Crippen molar-refractivity contribution in [2.45, 2.75) is 11.1 Å². The van der Waals surface area contributed by atoms with E-state index >= 15 is 0 Å². The van der Waals surface area contributed by atoms with E-state index in [9.17, 15) is 21.6 Å². The zero-order chi connectivity index (χ0) is 14.0. The number of hydrogen-bond donors (Lipinski definition) is 2. The topological polar surface area (TPSA) is 66.4 Å². The second-order valence-corrected chi connectivity index (χ2v) is 5.85. The van der Waals surface area contributed by atoms with Crippen LogP contribution in [0.2, 0.25) is 0 Å². The Bertz CT molecular complexity index is 530. The molecular weight excluding hydrogens is 339 g/mol.